The molecule has 5 heterocycles. The van der Waals surface area contributed by atoms with Crippen LogP contribution in [-0.2, 0) is 16.0 Å². The van der Waals surface area contributed by atoms with E-state index in [0.717, 1.165) is 87.2 Å². The Hall–Kier alpha value is -5.09. The zero-order valence-electron chi connectivity index (χ0n) is 27.6. The summed E-state index contributed by atoms with van der Waals surface area (Å²) in [5.74, 6) is 2.06. The molecule has 2 amide bonds. The maximum atomic E-state index is 13.2. The predicted molar refractivity (Wildman–Crippen MR) is 196 cm³/mol. The minimum Gasteiger partial charge on any atom is -0.370 e. The first kappa shape index (κ1) is 32.5. The van der Waals surface area contributed by atoms with Gasteiger partial charge in [-0.1, -0.05) is 28.4 Å². The Morgan fingerprint density at radius 2 is 1.76 bits per heavy atom. The van der Waals surface area contributed by atoms with Crippen LogP contribution in [0.3, 0.4) is 0 Å². The standard InChI is InChI=1S/C37H35ClN8O2S/c1-21-22(2)49-37-34(21)35(24-9-11-28(38)12-10-24)43-30(36-45-44-23(3)46(36)37)20-32(47)41-15-6-4-5-14-39-31-18-26(13-16-40-31)25-7-8-27-19-33(48)42-29(27)17-25/h7-13,16-18H,4-6,14-15,19-20H2,1-3H3,(H2-,39,40,41,42,47,48)/p+1. The number of nitrogens with one attached hydrogen (secondary N) is 3. The van der Waals surface area contributed by atoms with E-state index in [1.165, 1.54) is 4.88 Å². The van der Waals surface area contributed by atoms with E-state index in [9.17, 15) is 9.59 Å². The highest BCUT2D eigenvalue weighted by molar-refractivity contribution is 7.15. The second-order valence-corrected chi connectivity index (χ2v) is 14.0. The van der Waals surface area contributed by atoms with Gasteiger partial charge in [0.05, 0.1) is 12.0 Å². The maximum absolute atomic E-state index is 13.2. The molecule has 0 unspecified atom stereocenters. The summed E-state index contributed by atoms with van der Waals surface area (Å²) in [6.07, 6.45) is 5.03. The first-order chi connectivity index (χ1) is 23.7. The number of nitrogens with zero attached hydrogens (tertiary/aromatic N) is 5. The summed E-state index contributed by atoms with van der Waals surface area (Å²) in [6.45, 7) is 7.47. The molecule has 12 heteroatoms. The van der Waals surface area contributed by atoms with Gasteiger partial charge in [0, 0.05) is 34.9 Å². The molecular formula is C37H36ClN8O2S+. The molecule has 3 N–H and O–H groups in total. The molecule has 3 aromatic heterocycles. The lowest BCUT2D eigenvalue weighted by Crippen LogP contribution is -2.29. The van der Waals surface area contributed by atoms with Crippen molar-refractivity contribution >= 4 is 57.7 Å². The van der Waals surface area contributed by atoms with Crippen LogP contribution in [0.15, 0.2) is 60.8 Å². The molecule has 0 bridgehead atoms. The minimum absolute atomic E-state index is 0.0309. The Labute approximate surface area is 293 Å². The van der Waals surface area contributed by atoms with Crippen molar-refractivity contribution in [3.63, 3.8) is 0 Å². The van der Waals surface area contributed by atoms with Crippen LogP contribution >= 0.6 is 22.9 Å². The molecule has 248 valence electrons. The van der Waals surface area contributed by atoms with E-state index in [2.05, 4.69) is 45.0 Å². The largest absolute Gasteiger partial charge is 0.370 e. The fourth-order valence-corrected chi connectivity index (χ4v) is 7.53. The molecule has 0 radical (unpaired) electrons. The molecule has 0 atom stereocenters. The molecular weight excluding hydrogens is 656 g/mol. The molecule has 2 aromatic carbocycles. The molecule has 2 aliphatic rings. The third-order valence-corrected chi connectivity index (χ3v) is 10.3. The lowest BCUT2D eigenvalue weighted by atomic mass is 10.00. The predicted octanol–water partition coefficient (Wildman–Crippen LogP) is 5.96. The molecule has 49 heavy (non-hydrogen) atoms. The van der Waals surface area contributed by atoms with Crippen molar-refractivity contribution in [3.05, 3.63) is 105 Å². The number of benzene rings is 2. The first-order valence-electron chi connectivity index (χ1n) is 16.4. The van der Waals surface area contributed by atoms with Gasteiger partial charge in [0.2, 0.25) is 17.6 Å². The molecule has 0 fully saturated rings. The van der Waals surface area contributed by atoms with Gasteiger partial charge in [-0.25, -0.2) is 4.98 Å². The highest BCUT2D eigenvalue weighted by Gasteiger charge is 2.37. The number of rotatable bonds is 11. The summed E-state index contributed by atoms with van der Waals surface area (Å²) in [6, 6.07) is 17.7. The van der Waals surface area contributed by atoms with Crippen LogP contribution in [0.4, 0.5) is 11.5 Å². The fourth-order valence-electron chi connectivity index (χ4n) is 6.20. The van der Waals surface area contributed by atoms with E-state index in [0.29, 0.717) is 29.5 Å². The van der Waals surface area contributed by atoms with Gasteiger partial charge < -0.3 is 16.0 Å². The lowest BCUT2D eigenvalue weighted by Gasteiger charge is -2.09. The van der Waals surface area contributed by atoms with Gasteiger partial charge in [-0.2, -0.15) is 0 Å². The summed E-state index contributed by atoms with van der Waals surface area (Å²) < 4.78 is 7.13. The summed E-state index contributed by atoms with van der Waals surface area (Å²) in [5, 5.41) is 19.9. The number of fused-ring (bicyclic) bond motifs is 4. The van der Waals surface area contributed by atoms with Gasteiger partial charge in [0.15, 0.2) is 0 Å². The molecule has 7 rings (SSSR count). The van der Waals surface area contributed by atoms with Gasteiger partial charge in [-0.15, -0.1) is 21.5 Å². The molecule has 0 spiro atoms. The van der Waals surface area contributed by atoms with Gasteiger partial charge in [-0.3, -0.25) is 14.2 Å². The average molecular weight is 692 g/mol. The number of hydrogen-bond acceptors (Lipinski definition) is 7. The lowest BCUT2D eigenvalue weighted by molar-refractivity contribution is -0.120. The molecule has 0 saturated carbocycles. The molecule has 2 aliphatic heterocycles. The number of carbonyl (C=O) groups excluding carboxylic acids is 2. The summed E-state index contributed by atoms with van der Waals surface area (Å²) in [4.78, 5) is 30.6. The summed E-state index contributed by atoms with van der Waals surface area (Å²) in [7, 11) is 0. The number of aryl methyl sites for hydroxylation is 2. The average Bonchev–Trinajstić information content (AvgIpc) is 3.73. The van der Waals surface area contributed by atoms with Crippen LogP contribution in [0.1, 0.15) is 64.5 Å². The zero-order valence-corrected chi connectivity index (χ0v) is 29.1. The smallest absolute Gasteiger partial charge is 0.358 e. The Bertz CT molecular complexity index is 2160. The summed E-state index contributed by atoms with van der Waals surface area (Å²) in [5.41, 5.74) is 8.45. The van der Waals surface area contributed by atoms with Crippen LogP contribution in [0.5, 0.6) is 0 Å². The van der Waals surface area contributed by atoms with E-state index >= 15 is 0 Å². The van der Waals surface area contributed by atoms with E-state index in [1.807, 2.05) is 66.1 Å². The number of hydrogen-bond donors (Lipinski definition) is 3. The summed E-state index contributed by atoms with van der Waals surface area (Å²) >= 11 is 7.90. The number of unbranched alkanes of at least 4 members (excludes halogenated alkanes) is 2. The van der Waals surface area contributed by atoms with Gasteiger partial charge in [-0.05, 0) is 105 Å². The van der Waals surface area contributed by atoms with Crippen molar-refractivity contribution in [2.75, 3.05) is 23.7 Å². The molecule has 0 aliphatic carbocycles. The van der Waals surface area contributed by atoms with E-state index < -0.39 is 0 Å². The maximum Gasteiger partial charge on any atom is 0.358 e. The van der Waals surface area contributed by atoms with Crippen LogP contribution in [0.2, 0.25) is 5.02 Å². The van der Waals surface area contributed by atoms with Crippen LogP contribution in [-0.4, -0.2) is 56.1 Å². The van der Waals surface area contributed by atoms with Crippen molar-refractivity contribution in [3.8, 4) is 16.1 Å². The van der Waals surface area contributed by atoms with Crippen LogP contribution < -0.4 is 20.6 Å². The fraction of sp³-hybridized carbons (Fsp3) is 0.270. The van der Waals surface area contributed by atoms with Gasteiger partial charge in [0.25, 0.3) is 0 Å². The molecule has 0 saturated heterocycles. The Balaban J connectivity index is 0.958. The van der Waals surface area contributed by atoms with Crippen molar-refractivity contribution in [2.45, 2.75) is 52.9 Å². The minimum atomic E-state index is -0.107. The Kier molecular flexibility index (Phi) is 9.14. The highest BCUT2D eigenvalue weighted by atomic mass is 35.5. The first-order valence-corrected chi connectivity index (χ1v) is 17.6. The SMILES string of the molecule is Cc1sc2c(c1C)C(c1ccc(Cl)cc1)=[N+]=C(CC(=O)NCCCCCNc1cc(-c3ccc4c(c3)NC(=O)C4)ccn1)c1nnc(C)n1-2. The second kappa shape index (κ2) is 13.8. The number of carbonyl (C=O) groups is 2. The van der Waals surface area contributed by atoms with Crippen LogP contribution in [0, 0.1) is 20.8 Å². The highest BCUT2D eigenvalue weighted by Crippen LogP contribution is 2.35. The van der Waals surface area contributed by atoms with Gasteiger partial charge in [0.1, 0.15) is 28.6 Å². The van der Waals surface area contributed by atoms with Crippen molar-refractivity contribution in [1.29, 1.82) is 0 Å². The van der Waals surface area contributed by atoms with Crippen molar-refractivity contribution in [1.82, 2.24) is 29.7 Å². The number of amides is 2. The number of halogens is 1. The number of pyridine rings is 1. The Morgan fingerprint density at radius 3 is 2.59 bits per heavy atom. The van der Waals surface area contributed by atoms with E-state index in [-0.39, 0.29) is 18.2 Å². The number of aromatic nitrogens is 4. The topological polar surface area (TPSA) is 128 Å². The molecule has 10 nitrogen and oxygen atoms in total. The normalized spacial score (nSPS) is 13.1. The third-order valence-electron chi connectivity index (χ3n) is 8.89. The number of thiophene rings is 1. The van der Waals surface area contributed by atoms with E-state index in [1.54, 1.807) is 17.5 Å². The second-order valence-electron chi connectivity index (χ2n) is 12.3. The monoisotopic (exact) mass is 691 g/mol. The Morgan fingerprint density at radius 1 is 0.980 bits per heavy atom. The quantitative estimate of drug-likeness (QED) is 0.116. The molecule has 5 aromatic rings. The third kappa shape index (κ3) is 6.78. The van der Waals surface area contributed by atoms with Gasteiger partial charge >= 0.3 is 11.4 Å². The van der Waals surface area contributed by atoms with E-state index in [4.69, 9.17) is 16.3 Å². The van der Waals surface area contributed by atoms with Crippen molar-refractivity contribution in [2.24, 2.45) is 0 Å². The number of anilines is 2. The zero-order chi connectivity index (χ0) is 34.1. The van der Waals surface area contributed by atoms with Crippen LogP contribution in [0.25, 0.3) is 16.1 Å². The van der Waals surface area contributed by atoms with Crippen molar-refractivity contribution < 1.29 is 9.59 Å².